The Bertz CT molecular complexity index is 865. The molecular weight excluding hydrogens is 294 g/mol. The first-order valence-electron chi connectivity index (χ1n) is 7.25. The van der Waals surface area contributed by atoms with Crippen LogP contribution in [0.5, 0.6) is 5.75 Å². The maximum atomic E-state index is 12.2. The summed E-state index contributed by atoms with van der Waals surface area (Å²) in [5.41, 5.74) is 0.313. The van der Waals surface area contributed by atoms with Gasteiger partial charge < -0.3 is 10.1 Å². The van der Waals surface area contributed by atoms with Gasteiger partial charge in [0, 0.05) is 24.9 Å². The highest BCUT2D eigenvalue weighted by molar-refractivity contribution is 6.04. The number of hydrogen-bond donors (Lipinski definition) is 1. The molecule has 118 valence electrons. The number of ether oxygens (including phenoxy) is 1. The predicted octanol–water partition coefficient (Wildman–Crippen LogP) is 2.23. The Kier molecular flexibility index (Phi) is 3.52. The number of fused-ring (bicyclic) bond motifs is 1. The lowest BCUT2D eigenvalue weighted by Crippen LogP contribution is -2.37. The quantitative estimate of drug-likeness (QED) is 0.877. The zero-order valence-corrected chi connectivity index (χ0v) is 13.2. The van der Waals surface area contributed by atoms with Crippen molar-refractivity contribution in [2.75, 3.05) is 5.32 Å². The molecule has 1 N–H and O–H groups in total. The number of carbonyl (C=O) groups excluding carboxylic acids is 1. The number of nitrogens with one attached hydrogen (secondary N) is 1. The molecule has 0 radical (unpaired) electrons. The molecule has 1 aromatic carbocycles. The monoisotopic (exact) mass is 311 g/mol. The zero-order valence-electron chi connectivity index (χ0n) is 13.2. The number of aliphatic imine (C=N–C) groups is 1. The molecular formula is C17H17N3O3. The second kappa shape index (κ2) is 5.39. The summed E-state index contributed by atoms with van der Waals surface area (Å²) >= 11 is 0. The Labute approximate surface area is 133 Å². The van der Waals surface area contributed by atoms with Crippen molar-refractivity contribution in [3.8, 4) is 5.75 Å². The smallest absolute Gasteiger partial charge is 0.256 e. The molecule has 1 aliphatic rings. The van der Waals surface area contributed by atoms with Gasteiger partial charge in [-0.05, 0) is 38.1 Å². The number of anilines is 1. The maximum absolute atomic E-state index is 12.2. The summed E-state index contributed by atoms with van der Waals surface area (Å²) in [6, 6.07) is 10.2. The molecule has 3 rings (SSSR count). The van der Waals surface area contributed by atoms with Crippen molar-refractivity contribution >= 4 is 17.4 Å². The lowest BCUT2D eigenvalue weighted by Gasteiger charge is -2.30. The van der Waals surface area contributed by atoms with Crippen molar-refractivity contribution in [3.05, 3.63) is 58.5 Å². The van der Waals surface area contributed by atoms with Gasteiger partial charge in [-0.3, -0.25) is 14.2 Å². The Morgan fingerprint density at radius 1 is 1.26 bits per heavy atom. The second-order valence-electron chi connectivity index (χ2n) is 5.79. The van der Waals surface area contributed by atoms with Crippen LogP contribution in [0.15, 0.2) is 52.4 Å². The number of pyridine rings is 1. The largest absolute Gasteiger partial charge is 0.466 e. The number of nitrogens with zero attached hydrogens (tertiary/aromatic N) is 2. The van der Waals surface area contributed by atoms with Gasteiger partial charge in [0.2, 0.25) is 5.91 Å². The molecule has 0 atom stereocenters. The molecule has 2 aromatic rings. The summed E-state index contributed by atoms with van der Waals surface area (Å²) in [5, 5.41) is 2.73. The highest BCUT2D eigenvalue weighted by atomic mass is 16.5. The Morgan fingerprint density at radius 2 is 2.04 bits per heavy atom. The fourth-order valence-corrected chi connectivity index (χ4v) is 2.47. The van der Waals surface area contributed by atoms with Crippen LogP contribution in [0, 0.1) is 0 Å². The molecule has 2 heterocycles. The molecule has 6 nitrogen and oxygen atoms in total. The minimum Gasteiger partial charge on any atom is -0.466 e. The van der Waals surface area contributed by atoms with Crippen LogP contribution in [-0.4, -0.2) is 22.0 Å². The number of benzene rings is 1. The van der Waals surface area contributed by atoms with E-state index >= 15 is 0 Å². The number of amides is 1. The van der Waals surface area contributed by atoms with Gasteiger partial charge in [-0.25, -0.2) is 4.99 Å². The summed E-state index contributed by atoms with van der Waals surface area (Å²) in [6.45, 7) is 5.09. The van der Waals surface area contributed by atoms with Crippen LogP contribution in [0.25, 0.3) is 0 Å². The van der Waals surface area contributed by atoms with Crippen molar-refractivity contribution in [2.45, 2.75) is 26.5 Å². The van der Waals surface area contributed by atoms with Crippen LogP contribution >= 0.6 is 0 Å². The third-order valence-corrected chi connectivity index (χ3v) is 3.33. The average Bonchev–Trinajstić information content (AvgIpc) is 2.46. The third-order valence-electron chi connectivity index (χ3n) is 3.33. The van der Waals surface area contributed by atoms with Crippen LogP contribution in [0.4, 0.5) is 5.69 Å². The maximum Gasteiger partial charge on any atom is 0.256 e. The molecule has 0 unspecified atom stereocenters. The van der Waals surface area contributed by atoms with E-state index in [4.69, 9.17) is 4.74 Å². The van der Waals surface area contributed by atoms with Crippen molar-refractivity contribution in [1.82, 2.24) is 4.57 Å². The molecule has 23 heavy (non-hydrogen) atoms. The van der Waals surface area contributed by atoms with E-state index in [0.29, 0.717) is 22.8 Å². The van der Waals surface area contributed by atoms with Crippen molar-refractivity contribution in [1.29, 1.82) is 0 Å². The van der Waals surface area contributed by atoms with E-state index in [1.54, 1.807) is 36.5 Å². The topological polar surface area (TPSA) is 72.7 Å². The van der Waals surface area contributed by atoms with Crippen molar-refractivity contribution in [2.24, 2.45) is 4.99 Å². The molecule has 1 aliphatic heterocycles. The van der Waals surface area contributed by atoms with Gasteiger partial charge in [-0.1, -0.05) is 6.07 Å². The number of aromatic nitrogens is 1. The van der Waals surface area contributed by atoms with Gasteiger partial charge in [0.15, 0.2) is 5.72 Å². The van der Waals surface area contributed by atoms with E-state index in [0.717, 1.165) is 0 Å². The lowest BCUT2D eigenvalue weighted by molar-refractivity contribution is -0.114. The Hall–Kier alpha value is -2.89. The highest BCUT2D eigenvalue weighted by Gasteiger charge is 2.29. The van der Waals surface area contributed by atoms with Crippen LogP contribution in [0.2, 0.25) is 0 Å². The SMILES string of the molecule is CC(=O)Nc1ccc2c(c1)C(n1ccccc1=O)=NC(C)(C)O2. The fourth-order valence-electron chi connectivity index (χ4n) is 2.47. The highest BCUT2D eigenvalue weighted by Crippen LogP contribution is 2.32. The molecule has 0 spiro atoms. The molecule has 0 saturated carbocycles. The van der Waals surface area contributed by atoms with Gasteiger partial charge >= 0.3 is 0 Å². The Balaban J connectivity index is 2.19. The molecule has 0 fully saturated rings. The standard InChI is InChI=1S/C17H17N3O3/c1-11(21)18-12-7-8-14-13(10-12)16(19-17(2,3)23-14)20-9-5-4-6-15(20)22/h4-10H,1-3H3,(H,18,21). The van der Waals surface area contributed by atoms with E-state index in [9.17, 15) is 9.59 Å². The van der Waals surface area contributed by atoms with Gasteiger partial charge in [0.1, 0.15) is 11.6 Å². The minimum absolute atomic E-state index is 0.169. The summed E-state index contributed by atoms with van der Waals surface area (Å²) in [6.07, 6.45) is 1.66. The zero-order chi connectivity index (χ0) is 16.6. The molecule has 0 aliphatic carbocycles. The van der Waals surface area contributed by atoms with Crippen molar-refractivity contribution < 1.29 is 9.53 Å². The minimum atomic E-state index is -0.785. The van der Waals surface area contributed by atoms with Crippen molar-refractivity contribution in [3.63, 3.8) is 0 Å². The predicted molar refractivity (Wildman–Crippen MR) is 88.1 cm³/mol. The summed E-state index contributed by atoms with van der Waals surface area (Å²) in [7, 11) is 0. The molecule has 0 saturated heterocycles. The van der Waals surface area contributed by atoms with E-state index in [2.05, 4.69) is 10.3 Å². The van der Waals surface area contributed by atoms with E-state index < -0.39 is 5.72 Å². The second-order valence-corrected chi connectivity index (χ2v) is 5.79. The first kappa shape index (κ1) is 15.0. The van der Waals surface area contributed by atoms with Crippen LogP contribution in [0.1, 0.15) is 26.3 Å². The van der Waals surface area contributed by atoms with Crippen LogP contribution in [-0.2, 0) is 4.79 Å². The number of rotatable bonds is 1. The van der Waals surface area contributed by atoms with Gasteiger partial charge in [-0.2, -0.15) is 0 Å². The average molecular weight is 311 g/mol. The first-order chi connectivity index (χ1) is 10.9. The fraction of sp³-hybridized carbons (Fsp3) is 0.235. The molecule has 1 aromatic heterocycles. The first-order valence-corrected chi connectivity index (χ1v) is 7.25. The number of carbonyl (C=O) groups is 1. The van der Waals surface area contributed by atoms with Gasteiger partial charge in [-0.15, -0.1) is 0 Å². The van der Waals surface area contributed by atoms with Gasteiger partial charge in [0.25, 0.3) is 5.56 Å². The van der Waals surface area contributed by atoms with E-state index in [-0.39, 0.29) is 11.5 Å². The lowest BCUT2D eigenvalue weighted by atomic mass is 10.1. The van der Waals surface area contributed by atoms with Crippen LogP contribution in [0.3, 0.4) is 0 Å². The van der Waals surface area contributed by atoms with Gasteiger partial charge in [0.05, 0.1) is 5.56 Å². The van der Waals surface area contributed by atoms with E-state index in [1.807, 2.05) is 13.8 Å². The third kappa shape index (κ3) is 3.01. The summed E-state index contributed by atoms with van der Waals surface area (Å²) < 4.78 is 7.33. The molecule has 1 amide bonds. The summed E-state index contributed by atoms with van der Waals surface area (Å²) in [5.74, 6) is 0.941. The Morgan fingerprint density at radius 3 is 2.74 bits per heavy atom. The normalized spacial score (nSPS) is 15.2. The van der Waals surface area contributed by atoms with Crippen LogP contribution < -0.4 is 15.6 Å². The van der Waals surface area contributed by atoms with E-state index in [1.165, 1.54) is 17.6 Å². The molecule has 6 heteroatoms. The summed E-state index contributed by atoms with van der Waals surface area (Å²) in [4.78, 5) is 28.0. The number of hydrogen-bond acceptors (Lipinski definition) is 4. The molecule has 0 bridgehead atoms.